The van der Waals surface area contributed by atoms with Crippen molar-refractivity contribution < 1.29 is 14.3 Å². The monoisotopic (exact) mass is 321 g/mol. The smallest absolute Gasteiger partial charge is 0.261 e. The van der Waals surface area contributed by atoms with Gasteiger partial charge in [0.15, 0.2) is 12.4 Å². The first kappa shape index (κ1) is 15.5. The van der Waals surface area contributed by atoms with Crippen LogP contribution in [-0.2, 0) is 6.61 Å². The standard InChI is InChI=1S/C18H15N3O3/c22-18(15-3-2-10-21(23)12-15)20-16-4-1-5-17(11-16)24-13-14-6-8-19-9-7-14/h1-12H,13H2,(H,20,22). The fraction of sp³-hybridized carbons (Fsp3) is 0.0556. The molecule has 0 radical (unpaired) electrons. The molecule has 0 bridgehead atoms. The van der Waals surface area contributed by atoms with Crippen molar-refractivity contribution in [2.45, 2.75) is 6.61 Å². The van der Waals surface area contributed by atoms with Gasteiger partial charge < -0.3 is 15.3 Å². The minimum atomic E-state index is -0.355. The summed E-state index contributed by atoms with van der Waals surface area (Å²) in [5, 5.41) is 14.0. The van der Waals surface area contributed by atoms with Gasteiger partial charge in [-0.2, -0.15) is 4.73 Å². The second kappa shape index (κ2) is 7.23. The Balaban J connectivity index is 1.65. The van der Waals surface area contributed by atoms with E-state index in [0.717, 1.165) is 5.56 Å². The van der Waals surface area contributed by atoms with Crippen LogP contribution in [0.2, 0.25) is 0 Å². The number of rotatable bonds is 5. The number of amides is 1. The zero-order valence-electron chi connectivity index (χ0n) is 12.8. The molecule has 2 aromatic heterocycles. The average Bonchev–Trinajstić information content (AvgIpc) is 2.61. The molecule has 0 atom stereocenters. The summed E-state index contributed by atoms with van der Waals surface area (Å²) in [6.07, 6.45) is 5.96. The summed E-state index contributed by atoms with van der Waals surface area (Å²) in [6.45, 7) is 0.411. The number of ether oxygens (including phenoxy) is 1. The molecule has 6 heteroatoms. The van der Waals surface area contributed by atoms with Gasteiger partial charge in [-0.3, -0.25) is 9.78 Å². The van der Waals surface area contributed by atoms with Crippen molar-refractivity contribution in [2.75, 3.05) is 5.32 Å². The van der Waals surface area contributed by atoms with Gasteiger partial charge in [0.2, 0.25) is 0 Å². The van der Waals surface area contributed by atoms with Crippen LogP contribution in [0, 0.1) is 5.21 Å². The molecule has 120 valence electrons. The summed E-state index contributed by atoms with van der Waals surface area (Å²) in [5.41, 5.74) is 1.88. The Morgan fingerprint density at radius 2 is 2.00 bits per heavy atom. The van der Waals surface area contributed by atoms with Gasteiger partial charge in [-0.1, -0.05) is 6.07 Å². The van der Waals surface area contributed by atoms with Crippen LogP contribution in [0.25, 0.3) is 0 Å². The van der Waals surface area contributed by atoms with Crippen molar-refractivity contribution in [2.24, 2.45) is 0 Å². The summed E-state index contributed by atoms with van der Waals surface area (Å²) < 4.78 is 6.29. The largest absolute Gasteiger partial charge is 0.619 e. The third kappa shape index (κ3) is 4.07. The zero-order valence-corrected chi connectivity index (χ0v) is 12.8. The second-order valence-corrected chi connectivity index (χ2v) is 5.08. The van der Waals surface area contributed by atoms with E-state index in [1.54, 1.807) is 36.7 Å². The first-order chi connectivity index (χ1) is 11.7. The Kier molecular flexibility index (Phi) is 4.67. The van der Waals surface area contributed by atoms with E-state index in [1.807, 2.05) is 18.2 Å². The van der Waals surface area contributed by atoms with Crippen molar-refractivity contribution in [3.8, 4) is 5.75 Å². The SMILES string of the molecule is O=C(Nc1cccc(OCc2ccncc2)c1)c1ccc[n+]([O-])c1. The van der Waals surface area contributed by atoms with Crippen molar-refractivity contribution in [1.29, 1.82) is 0 Å². The van der Waals surface area contributed by atoms with Crippen LogP contribution in [0.4, 0.5) is 5.69 Å². The molecule has 24 heavy (non-hydrogen) atoms. The highest BCUT2D eigenvalue weighted by Crippen LogP contribution is 2.19. The molecule has 0 unspecified atom stereocenters. The van der Waals surface area contributed by atoms with E-state index in [9.17, 15) is 10.0 Å². The van der Waals surface area contributed by atoms with E-state index in [-0.39, 0.29) is 11.5 Å². The number of aromatic nitrogens is 2. The van der Waals surface area contributed by atoms with Crippen LogP contribution in [0.15, 0.2) is 73.3 Å². The van der Waals surface area contributed by atoms with Gasteiger partial charge >= 0.3 is 0 Å². The third-order valence-electron chi connectivity index (χ3n) is 3.28. The molecule has 0 saturated heterocycles. The molecule has 0 aliphatic rings. The molecule has 0 aliphatic heterocycles. The van der Waals surface area contributed by atoms with Gasteiger partial charge in [0.05, 0.1) is 0 Å². The highest BCUT2D eigenvalue weighted by molar-refractivity contribution is 6.03. The number of hydrogen-bond acceptors (Lipinski definition) is 4. The highest BCUT2D eigenvalue weighted by Gasteiger charge is 2.09. The predicted molar refractivity (Wildman–Crippen MR) is 88.4 cm³/mol. The lowest BCUT2D eigenvalue weighted by atomic mass is 10.2. The highest BCUT2D eigenvalue weighted by atomic mass is 16.5. The van der Waals surface area contributed by atoms with Crippen molar-refractivity contribution >= 4 is 11.6 Å². The van der Waals surface area contributed by atoms with E-state index in [2.05, 4.69) is 10.3 Å². The van der Waals surface area contributed by atoms with Crippen molar-refractivity contribution in [3.05, 3.63) is 89.7 Å². The van der Waals surface area contributed by atoms with Crippen LogP contribution in [0.1, 0.15) is 15.9 Å². The molecule has 3 aromatic rings. The molecule has 1 N–H and O–H groups in total. The Bertz CT molecular complexity index is 838. The predicted octanol–water partition coefficient (Wildman–Crippen LogP) is 2.55. The number of benzene rings is 1. The minimum absolute atomic E-state index is 0.288. The number of nitrogens with one attached hydrogen (secondary N) is 1. The first-order valence-electron chi connectivity index (χ1n) is 7.33. The third-order valence-corrected chi connectivity index (χ3v) is 3.28. The van der Waals surface area contributed by atoms with Gasteiger partial charge in [0, 0.05) is 30.2 Å². The van der Waals surface area contributed by atoms with E-state index in [0.29, 0.717) is 22.8 Å². The van der Waals surface area contributed by atoms with Crippen molar-refractivity contribution in [3.63, 3.8) is 0 Å². The maximum absolute atomic E-state index is 12.1. The summed E-state index contributed by atoms with van der Waals surface area (Å²) in [4.78, 5) is 16.1. The second-order valence-electron chi connectivity index (χ2n) is 5.08. The van der Waals surface area contributed by atoms with Crippen molar-refractivity contribution in [1.82, 2.24) is 4.98 Å². The molecule has 3 rings (SSSR count). The first-order valence-corrected chi connectivity index (χ1v) is 7.33. The van der Waals surface area contributed by atoms with Gasteiger partial charge in [-0.15, -0.1) is 0 Å². The lowest BCUT2D eigenvalue weighted by Crippen LogP contribution is -2.27. The molecule has 6 nitrogen and oxygen atoms in total. The summed E-state index contributed by atoms with van der Waals surface area (Å²) in [6, 6.07) is 13.9. The van der Waals surface area contributed by atoms with Gasteiger partial charge in [0.25, 0.3) is 5.91 Å². The van der Waals surface area contributed by atoms with Crippen LogP contribution < -0.4 is 14.8 Å². The lowest BCUT2D eigenvalue weighted by molar-refractivity contribution is -0.605. The number of anilines is 1. The number of nitrogens with zero attached hydrogens (tertiary/aromatic N) is 2. The minimum Gasteiger partial charge on any atom is -0.619 e. The molecule has 0 saturated carbocycles. The fourth-order valence-corrected chi connectivity index (χ4v) is 2.10. The molecule has 0 spiro atoms. The Morgan fingerprint density at radius 3 is 2.79 bits per heavy atom. The van der Waals surface area contributed by atoms with Gasteiger partial charge in [0.1, 0.15) is 17.9 Å². The van der Waals surface area contributed by atoms with Crippen LogP contribution in [-0.4, -0.2) is 10.9 Å². The normalized spacial score (nSPS) is 10.2. The summed E-state index contributed by atoms with van der Waals surface area (Å²) >= 11 is 0. The van der Waals surface area contributed by atoms with E-state index >= 15 is 0 Å². The summed E-state index contributed by atoms with van der Waals surface area (Å²) in [7, 11) is 0. The molecular weight excluding hydrogens is 306 g/mol. The fourth-order valence-electron chi connectivity index (χ4n) is 2.10. The molecule has 0 fully saturated rings. The van der Waals surface area contributed by atoms with E-state index in [4.69, 9.17) is 4.74 Å². The molecular formula is C18H15N3O3. The average molecular weight is 321 g/mol. The Labute approximate surface area is 138 Å². The molecule has 1 aromatic carbocycles. The quantitative estimate of drug-likeness (QED) is 0.578. The Hall–Kier alpha value is -3.41. The molecule has 2 heterocycles. The maximum atomic E-state index is 12.1. The molecule has 0 aliphatic carbocycles. The van der Waals surface area contributed by atoms with Gasteiger partial charge in [-0.05, 0) is 35.9 Å². The lowest BCUT2D eigenvalue weighted by Gasteiger charge is -2.09. The van der Waals surface area contributed by atoms with Crippen LogP contribution in [0.3, 0.4) is 0 Å². The Morgan fingerprint density at radius 1 is 1.17 bits per heavy atom. The number of hydrogen-bond donors (Lipinski definition) is 1. The summed E-state index contributed by atoms with van der Waals surface area (Å²) in [5.74, 6) is 0.281. The van der Waals surface area contributed by atoms with Crippen LogP contribution >= 0.6 is 0 Å². The zero-order chi connectivity index (χ0) is 16.8. The number of carbonyl (C=O) groups excluding carboxylic acids is 1. The van der Waals surface area contributed by atoms with E-state index in [1.165, 1.54) is 18.5 Å². The van der Waals surface area contributed by atoms with E-state index < -0.39 is 0 Å². The number of carbonyl (C=O) groups is 1. The van der Waals surface area contributed by atoms with Gasteiger partial charge in [-0.25, -0.2) is 0 Å². The topological polar surface area (TPSA) is 78.2 Å². The molecule has 1 amide bonds. The van der Waals surface area contributed by atoms with Crippen LogP contribution in [0.5, 0.6) is 5.75 Å². The maximum Gasteiger partial charge on any atom is 0.261 e. The number of pyridine rings is 2.